The molecule has 58 heavy (non-hydrogen) atoms. The van der Waals surface area contributed by atoms with Crippen LogP contribution in [0.5, 0.6) is 0 Å². The van der Waals surface area contributed by atoms with E-state index >= 15 is 0 Å². The molecule has 1 heterocycles. The highest BCUT2D eigenvalue weighted by molar-refractivity contribution is 5.80. The van der Waals surface area contributed by atoms with Crippen molar-refractivity contribution in [3.63, 3.8) is 0 Å². The van der Waals surface area contributed by atoms with E-state index in [1.807, 2.05) is 0 Å². The van der Waals surface area contributed by atoms with Gasteiger partial charge in [0.05, 0.1) is 25.4 Å². The summed E-state index contributed by atoms with van der Waals surface area (Å²) in [5.41, 5.74) is 0. The zero-order valence-corrected chi connectivity index (χ0v) is 37.0. The number of carbonyl (C=O) groups excluding carboxylic acids is 1. The summed E-state index contributed by atoms with van der Waals surface area (Å²) in [7, 11) is 0. The Morgan fingerprint density at radius 3 is 1.48 bits per heavy atom. The van der Waals surface area contributed by atoms with Crippen molar-refractivity contribution in [3.05, 3.63) is 12.2 Å². The molecule has 0 radical (unpaired) electrons. The van der Waals surface area contributed by atoms with Crippen molar-refractivity contribution in [3.8, 4) is 0 Å². The minimum absolute atomic E-state index is 0.259. The summed E-state index contributed by atoms with van der Waals surface area (Å²) >= 11 is 0. The Kier molecular flexibility index (Phi) is 35.6. The average Bonchev–Trinajstić information content (AvgIpc) is 3.22. The maximum Gasteiger partial charge on any atom is 0.249 e. The van der Waals surface area contributed by atoms with Crippen LogP contribution in [0.25, 0.3) is 0 Å². The summed E-state index contributed by atoms with van der Waals surface area (Å²) in [6.45, 7) is 3.41. The molecule has 9 atom stereocenters. The number of hydrogen-bond donors (Lipinski definition) is 8. The lowest BCUT2D eigenvalue weighted by atomic mass is 9.98. The van der Waals surface area contributed by atoms with Crippen LogP contribution in [0.2, 0.25) is 0 Å². The van der Waals surface area contributed by atoms with Gasteiger partial charge in [-0.2, -0.15) is 0 Å². The molecule has 9 unspecified atom stereocenters. The molecule has 344 valence electrons. The molecule has 1 saturated heterocycles. The quantitative estimate of drug-likeness (QED) is 0.0222. The molecular weight excluding hydrogens is 739 g/mol. The van der Waals surface area contributed by atoms with Crippen LogP contribution >= 0.6 is 0 Å². The minimum atomic E-state index is -1.66. The van der Waals surface area contributed by atoms with Gasteiger partial charge in [0.15, 0.2) is 6.29 Å². The highest BCUT2D eigenvalue weighted by Gasteiger charge is 2.44. The van der Waals surface area contributed by atoms with Crippen LogP contribution < -0.4 is 5.32 Å². The molecule has 8 N–H and O–H groups in total. The van der Waals surface area contributed by atoms with E-state index in [1.54, 1.807) is 0 Å². The zero-order valence-electron chi connectivity index (χ0n) is 37.0. The van der Waals surface area contributed by atoms with Gasteiger partial charge in [-0.1, -0.05) is 187 Å². The lowest BCUT2D eigenvalue weighted by Crippen LogP contribution is -2.60. The number of unbranched alkanes of at least 4 members (excludes halogenated alkanes) is 26. The predicted molar refractivity (Wildman–Crippen MR) is 233 cm³/mol. The van der Waals surface area contributed by atoms with Gasteiger partial charge >= 0.3 is 0 Å². The molecule has 1 aliphatic heterocycles. The van der Waals surface area contributed by atoms with Crippen LogP contribution in [0.3, 0.4) is 0 Å². The SMILES string of the molecule is CCCCCCCC/C=C/CCCC(O)C(O)C(COC1OC(CO)C(O)C(O)C1O)NC(=O)C(O)CCCCCCCCCCCCCCCCCCCCCC. The predicted octanol–water partition coefficient (Wildman–Crippen LogP) is 8.06. The number of allylic oxidation sites excluding steroid dienone is 2. The van der Waals surface area contributed by atoms with E-state index in [1.165, 1.54) is 135 Å². The number of rotatable bonds is 40. The number of aliphatic hydroxyl groups excluding tert-OH is 7. The van der Waals surface area contributed by atoms with E-state index in [2.05, 4.69) is 31.3 Å². The van der Waals surface area contributed by atoms with E-state index < -0.39 is 74.2 Å². The van der Waals surface area contributed by atoms with Gasteiger partial charge in [-0.3, -0.25) is 4.79 Å². The molecule has 1 rings (SSSR count). The van der Waals surface area contributed by atoms with Gasteiger partial charge in [-0.05, 0) is 38.5 Å². The highest BCUT2D eigenvalue weighted by atomic mass is 16.7. The lowest BCUT2D eigenvalue weighted by molar-refractivity contribution is -0.303. The maximum absolute atomic E-state index is 13.1. The van der Waals surface area contributed by atoms with Crippen LogP contribution in [0.15, 0.2) is 12.2 Å². The molecule has 11 nitrogen and oxygen atoms in total. The zero-order chi connectivity index (χ0) is 42.6. The Hall–Kier alpha value is -1.15. The summed E-state index contributed by atoms with van der Waals surface area (Å²) in [6.07, 6.45) is 28.4. The van der Waals surface area contributed by atoms with Gasteiger partial charge < -0.3 is 50.5 Å². The second-order valence-corrected chi connectivity index (χ2v) is 17.2. The Morgan fingerprint density at radius 2 is 1.02 bits per heavy atom. The van der Waals surface area contributed by atoms with Crippen LogP contribution in [-0.2, 0) is 14.3 Å². The first-order chi connectivity index (χ1) is 28.2. The van der Waals surface area contributed by atoms with Gasteiger partial charge in [0.2, 0.25) is 5.91 Å². The van der Waals surface area contributed by atoms with Crippen molar-refractivity contribution in [1.82, 2.24) is 5.32 Å². The van der Waals surface area contributed by atoms with Gasteiger partial charge in [-0.15, -0.1) is 0 Å². The van der Waals surface area contributed by atoms with Crippen LogP contribution in [0.1, 0.15) is 213 Å². The number of ether oxygens (including phenoxy) is 2. The van der Waals surface area contributed by atoms with E-state index in [0.29, 0.717) is 12.8 Å². The molecule has 0 aromatic heterocycles. The van der Waals surface area contributed by atoms with E-state index in [9.17, 15) is 40.5 Å². The smallest absolute Gasteiger partial charge is 0.249 e. The number of aliphatic hydroxyl groups is 7. The van der Waals surface area contributed by atoms with E-state index in [-0.39, 0.29) is 12.8 Å². The standard InChI is InChI=1S/C47H91NO10/c1-3-5-7-9-11-13-15-16-17-18-19-20-21-22-23-25-27-29-31-33-35-40(51)46(56)48-38(37-57-47-45(55)44(54)43(53)41(36-49)58-47)42(52)39(50)34-32-30-28-26-24-14-12-10-8-6-4-2/h26,28,38-45,47,49-55H,3-25,27,29-37H2,1-2H3,(H,48,56)/b28-26+. The van der Waals surface area contributed by atoms with Crippen molar-refractivity contribution in [1.29, 1.82) is 0 Å². The third-order valence-corrected chi connectivity index (χ3v) is 11.8. The average molecular weight is 830 g/mol. The molecular formula is C47H91NO10. The molecule has 0 spiro atoms. The molecule has 0 aliphatic carbocycles. The third kappa shape index (κ3) is 26.9. The first-order valence-corrected chi connectivity index (χ1v) is 24.1. The number of nitrogens with one attached hydrogen (secondary N) is 1. The van der Waals surface area contributed by atoms with Crippen LogP contribution in [0, 0.1) is 0 Å². The van der Waals surface area contributed by atoms with E-state index in [0.717, 1.165) is 38.5 Å². The Balaban J connectivity index is 2.39. The molecule has 1 fully saturated rings. The molecule has 0 aromatic rings. The van der Waals surface area contributed by atoms with Crippen molar-refractivity contribution >= 4 is 5.91 Å². The highest BCUT2D eigenvalue weighted by Crippen LogP contribution is 2.23. The van der Waals surface area contributed by atoms with Gasteiger partial charge in [0.1, 0.15) is 36.6 Å². The monoisotopic (exact) mass is 830 g/mol. The molecule has 0 aromatic carbocycles. The number of amides is 1. The fraction of sp³-hybridized carbons (Fsp3) is 0.936. The number of hydrogen-bond acceptors (Lipinski definition) is 10. The topological polar surface area (TPSA) is 189 Å². The summed E-state index contributed by atoms with van der Waals surface area (Å²) in [5.74, 6) is -0.705. The van der Waals surface area contributed by atoms with Gasteiger partial charge in [-0.25, -0.2) is 0 Å². The van der Waals surface area contributed by atoms with Gasteiger partial charge in [0.25, 0.3) is 0 Å². The molecule has 11 heteroatoms. The van der Waals surface area contributed by atoms with Crippen LogP contribution in [-0.4, -0.2) is 110 Å². The van der Waals surface area contributed by atoms with Crippen molar-refractivity contribution < 1.29 is 50.0 Å². The second kappa shape index (κ2) is 37.6. The van der Waals surface area contributed by atoms with Crippen molar-refractivity contribution in [2.75, 3.05) is 13.2 Å². The summed E-state index contributed by atoms with van der Waals surface area (Å²) < 4.78 is 11.1. The Morgan fingerprint density at radius 1 is 0.586 bits per heavy atom. The van der Waals surface area contributed by atoms with Crippen LogP contribution in [0.4, 0.5) is 0 Å². The van der Waals surface area contributed by atoms with Crippen molar-refractivity contribution in [2.24, 2.45) is 0 Å². The molecule has 0 bridgehead atoms. The summed E-state index contributed by atoms with van der Waals surface area (Å²) in [6, 6.07) is -1.18. The largest absolute Gasteiger partial charge is 0.394 e. The fourth-order valence-corrected chi connectivity index (χ4v) is 7.79. The first-order valence-electron chi connectivity index (χ1n) is 24.1. The fourth-order valence-electron chi connectivity index (χ4n) is 7.79. The third-order valence-electron chi connectivity index (χ3n) is 11.8. The first kappa shape index (κ1) is 54.9. The van der Waals surface area contributed by atoms with Gasteiger partial charge in [0, 0.05) is 0 Å². The Bertz CT molecular complexity index is 954. The second-order valence-electron chi connectivity index (χ2n) is 17.2. The minimum Gasteiger partial charge on any atom is -0.394 e. The van der Waals surface area contributed by atoms with Crippen molar-refractivity contribution in [2.45, 2.75) is 268 Å². The summed E-state index contributed by atoms with van der Waals surface area (Å²) in [4.78, 5) is 13.1. The maximum atomic E-state index is 13.1. The molecule has 0 saturated carbocycles. The lowest BCUT2D eigenvalue weighted by Gasteiger charge is -2.40. The normalized spacial score (nSPS) is 22.0. The molecule has 1 aliphatic rings. The number of carbonyl (C=O) groups is 1. The summed E-state index contributed by atoms with van der Waals surface area (Å²) in [5, 5.41) is 75.6. The molecule has 1 amide bonds. The van der Waals surface area contributed by atoms with E-state index in [4.69, 9.17) is 9.47 Å². The Labute approximate surface area is 353 Å².